The number of nitrogens with zero attached hydrogens (tertiary/aromatic N) is 3. The number of nitrogens with one attached hydrogen (secondary N) is 1. The summed E-state index contributed by atoms with van der Waals surface area (Å²) in [5, 5.41) is 12.2. The molecule has 7 nitrogen and oxygen atoms in total. The van der Waals surface area contributed by atoms with Crippen molar-refractivity contribution < 1.29 is 22.8 Å². The van der Waals surface area contributed by atoms with Gasteiger partial charge < -0.3 is 20.9 Å². The fourth-order valence-electron chi connectivity index (χ4n) is 6.20. The molecule has 2 saturated carbocycles. The van der Waals surface area contributed by atoms with Crippen LogP contribution in [0.1, 0.15) is 50.5 Å². The van der Waals surface area contributed by atoms with Gasteiger partial charge in [-0.05, 0) is 69.3 Å². The highest BCUT2D eigenvalue weighted by molar-refractivity contribution is 5.83. The Labute approximate surface area is 208 Å². The summed E-state index contributed by atoms with van der Waals surface area (Å²) in [5.41, 5.74) is 4.41. The minimum Gasteiger partial charge on any atom is -0.351 e. The second-order valence-electron chi connectivity index (χ2n) is 11.2. The van der Waals surface area contributed by atoms with E-state index in [1.54, 1.807) is 0 Å². The predicted octanol–water partition coefficient (Wildman–Crippen LogP) is 3.19. The number of likely N-dealkylation sites (tertiary alicyclic amines) is 2. The molecule has 2 aliphatic heterocycles. The van der Waals surface area contributed by atoms with Crippen molar-refractivity contribution in [1.82, 2.24) is 15.1 Å². The zero-order valence-corrected chi connectivity index (χ0v) is 20.2. The van der Waals surface area contributed by atoms with E-state index in [4.69, 9.17) is 5.73 Å². The van der Waals surface area contributed by atoms with E-state index in [0.717, 1.165) is 25.2 Å². The number of rotatable bonds is 8. The third-order valence-corrected chi connectivity index (χ3v) is 8.53. The van der Waals surface area contributed by atoms with Crippen LogP contribution in [0, 0.1) is 28.5 Å². The summed E-state index contributed by atoms with van der Waals surface area (Å²) < 4.78 is 44.2. The van der Waals surface area contributed by atoms with E-state index in [1.807, 2.05) is 0 Å². The van der Waals surface area contributed by atoms with Gasteiger partial charge in [0.1, 0.15) is 11.4 Å². The minimum atomic E-state index is -3.29. The average Bonchev–Trinajstić information content (AvgIpc) is 3.74. The number of benzene rings is 1. The maximum atomic E-state index is 15.4. The SMILES string of the molecule is N#CC1(NC(=O)[C@@H](CC(F)(F)Cc2ccc(F)cc2)C2N(C(N)=O)CC23CCN(C2CC2)CC3)CC1. The number of primary amides is 1. The fourth-order valence-corrected chi connectivity index (χ4v) is 6.20. The van der Waals surface area contributed by atoms with Gasteiger partial charge in [0.2, 0.25) is 5.91 Å². The number of hydrogen-bond acceptors (Lipinski definition) is 4. The quantitative estimate of drug-likeness (QED) is 0.569. The van der Waals surface area contributed by atoms with Gasteiger partial charge in [0.25, 0.3) is 5.92 Å². The molecular weight excluding hydrogens is 471 g/mol. The first-order valence-corrected chi connectivity index (χ1v) is 12.7. The van der Waals surface area contributed by atoms with Crippen LogP contribution in [0.2, 0.25) is 0 Å². The van der Waals surface area contributed by atoms with Crippen LogP contribution in [0.4, 0.5) is 18.0 Å². The highest BCUT2D eigenvalue weighted by Gasteiger charge is 2.61. The molecule has 194 valence electrons. The molecule has 1 spiro atoms. The number of alkyl halides is 2. The van der Waals surface area contributed by atoms with Gasteiger partial charge in [-0.25, -0.2) is 18.0 Å². The molecule has 2 saturated heterocycles. The van der Waals surface area contributed by atoms with Crippen molar-refractivity contribution in [2.75, 3.05) is 19.6 Å². The first kappa shape index (κ1) is 24.9. The van der Waals surface area contributed by atoms with Crippen molar-refractivity contribution >= 4 is 11.9 Å². The summed E-state index contributed by atoms with van der Waals surface area (Å²) in [6.07, 6.45) is 3.23. The Hall–Kier alpha value is -2.80. The molecule has 0 radical (unpaired) electrons. The van der Waals surface area contributed by atoms with Crippen LogP contribution >= 0.6 is 0 Å². The van der Waals surface area contributed by atoms with Gasteiger partial charge >= 0.3 is 6.03 Å². The lowest BCUT2D eigenvalue weighted by Gasteiger charge is -2.62. The van der Waals surface area contributed by atoms with E-state index in [2.05, 4.69) is 16.3 Å². The predicted molar refractivity (Wildman–Crippen MR) is 125 cm³/mol. The van der Waals surface area contributed by atoms with Crippen molar-refractivity contribution in [2.45, 2.75) is 74.9 Å². The van der Waals surface area contributed by atoms with Gasteiger partial charge in [0.05, 0.1) is 18.0 Å². The zero-order valence-electron chi connectivity index (χ0n) is 20.2. The zero-order chi connectivity index (χ0) is 25.7. The molecule has 1 aromatic carbocycles. The van der Waals surface area contributed by atoms with Crippen LogP contribution in [0.3, 0.4) is 0 Å². The molecule has 2 aliphatic carbocycles. The second-order valence-corrected chi connectivity index (χ2v) is 11.2. The highest BCUT2D eigenvalue weighted by atomic mass is 19.3. The number of hydrogen-bond donors (Lipinski definition) is 2. The van der Waals surface area contributed by atoms with Gasteiger partial charge in [-0.15, -0.1) is 0 Å². The van der Waals surface area contributed by atoms with Gasteiger partial charge in [-0.1, -0.05) is 12.1 Å². The highest BCUT2D eigenvalue weighted by Crippen LogP contribution is 2.52. The van der Waals surface area contributed by atoms with E-state index < -0.39 is 59.4 Å². The fraction of sp³-hybridized carbons (Fsp3) is 0.654. The van der Waals surface area contributed by atoms with Gasteiger partial charge in [0.15, 0.2) is 0 Å². The molecule has 2 heterocycles. The Morgan fingerprint density at radius 1 is 1.17 bits per heavy atom. The lowest BCUT2D eigenvalue weighted by atomic mass is 9.60. The second kappa shape index (κ2) is 8.94. The van der Waals surface area contributed by atoms with Gasteiger partial charge in [0, 0.05) is 30.8 Å². The number of piperidine rings is 1. The number of urea groups is 1. The summed E-state index contributed by atoms with van der Waals surface area (Å²) in [4.78, 5) is 29.6. The number of nitriles is 1. The normalized spacial score (nSPS) is 25.5. The maximum Gasteiger partial charge on any atom is 0.315 e. The first-order valence-electron chi connectivity index (χ1n) is 12.7. The van der Waals surface area contributed by atoms with Crippen LogP contribution < -0.4 is 11.1 Å². The molecule has 10 heteroatoms. The van der Waals surface area contributed by atoms with Crippen molar-refractivity contribution in [1.29, 1.82) is 5.26 Å². The third-order valence-electron chi connectivity index (χ3n) is 8.53. The molecular formula is C26H32F3N5O2. The van der Waals surface area contributed by atoms with Crippen LogP contribution in [0.5, 0.6) is 0 Å². The lowest BCUT2D eigenvalue weighted by molar-refractivity contribution is -0.153. The van der Waals surface area contributed by atoms with Crippen molar-refractivity contribution in [2.24, 2.45) is 17.1 Å². The maximum absolute atomic E-state index is 15.4. The monoisotopic (exact) mass is 503 g/mol. The summed E-state index contributed by atoms with van der Waals surface area (Å²) in [6.45, 7) is 1.95. The van der Waals surface area contributed by atoms with Crippen molar-refractivity contribution in [3.8, 4) is 6.07 Å². The first-order chi connectivity index (χ1) is 17.1. The van der Waals surface area contributed by atoms with Crippen LogP contribution in [0.25, 0.3) is 0 Å². The standard InChI is InChI=1S/C26H32F3N5O2/c27-18-3-1-17(2-4-18)13-26(28,29)14-20(22(35)32-25(15-30)7-8-25)21-24(16-34(21)23(31)36)9-11-33(12-10-24)19-5-6-19/h1-4,19-21H,5-14,16H2,(H2,31,36)(H,32,35)/t20-,21?/m0/s1. The van der Waals surface area contributed by atoms with Crippen molar-refractivity contribution in [3.05, 3.63) is 35.6 Å². The van der Waals surface area contributed by atoms with Crippen LogP contribution in [0.15, 0.2) is 24.3 Å². The van der Waals surface area contributed by atoms with E-state index in [-0.39, 0.29) is 5.56 Å². The molecule has 4 fully saturated rings. The Balaban J connectivity index is 1.40. The molecule has 1 unspecified atom stereocenters. The Morgan fingerprint density at radius 3 is 2.33 bits per heavy atom. The summed E-state index contributed by atoms with van der Waals surface area (Å²) in [7, 11) is 0. The lowest BCUT2D eigenvalue weighted by Crippen LogP contribution is -2.73. The van der Waals surface area contributed by atoms with E-state index in [0.29, 0.717) is 38.3 Å². The number of amides is 3. The van der Waals surface area contributed by atoms with Crippen LogP contribution in [-0.4, -0.2) is 64.9 Å². The summed E-state index contributed by atoms with van der Waals surface area (Å²) in [5.74, 6) is -5.66. The smallest absolute Gasteiger partial charge is 0.315 e. The Kier molecular flexibility index (Phi) is 6.18. The molecule has 3 N–H and O–H groups in total. The van der Waals surface area contributed by atoms with E-state index in [9.17, 15) is 19.2 Å². The number of nitrogens with two attached hydrogens (primary N) is 1. The Bertz CT molecular complexity index is 1060. The molecule has 36 heavy (non-hydrogen) atoms. The summed E-state index contributed by atoms with van der Waals surface area (Å²) >= 11 is 0. The van der Waals surface area contributed by atoms with Crippen LogP contribution in [-0.2, 0) is 11.2 Å². The minimum absolute atomic E-state index is 0.254. The molecule has 0 aromatic heterocycles. The van der Waals surface area contributed by atoms with Gasteiger partial charge in [-0.2, -0.15) is 5.26 Å². The number of carbonyl (C=O) groups is 2. The van der Waals surface area contributed by atoms with Gasteiger partial charge in [-0.3, -0.25) is 4.79 Å². The van der Waals surface area contributed by atoms with Crippen molar-refractivity contribution in [3.63, 3.8) is 0 Å². The molecule has 2 atom stereocenters. The number of halogens is 3. The van der Waals surface area contributed by atoms with E-state index >= 15 is 8.78 Å². The molecule has 5 rings (SSSR count). The largest absolute Gasteiger partial charge is 0.351 e. The molecule has 1 aromatic rings. The average molecular weight is 504 g/mol. The molecule has 4 aliphatic rings. The topological polar surface area (TPSA) is 102 Å². The molecule has 3 amide bonds. The van der Waals surface area contributed by atoms with E-state index in [1.165, 1.54) is 29.9 Å². The Morgan fingerprint density at radius 2 is 1.81 bits per heavy atom. The number of carbonyl (C=O) groups excluding carboxylic acids is 2. The third kappa shape index (κ3) is 4.90. The molecule has 0 bridgehead atoms. The summed E-state index contributed by atoms with van der Waals surface area (Å²) in [6, 6.07) is 6.05.